The fourth-order valence-corrected chi connectivity index (χ4v) is 1.71. The lowest BCUT2D eigenvalue weighted by Gasteiger charge is -2.29. The van der Waals surface area contributed by atoms with Crippen molar-refractivity contribution >= 4 is 5.91 Å². The summed E-state index contributed by atoms with van der Waals surface area (Å²) in [7, 11) is 0. The Morgan fingerprint density at radius 2 is 2.21 bits per heavy atom. The molecular formula is C10H20N2O2. The van der Waals surface area contributed by atoms with Crippen LogP contribution in [0.1, 0.15) is 32.6 Å². The number of nitrogens with two attached hydrogens (primary N) is 1. The van der Waals surface area contributed by atoms with Gasteiger partial charge in [0, 0.05) is 12.5 Å². The van der Waals surface area contributed by atoms with Gasteiger partial charge in [-0.25, -0.2) is 0 Å². The van der Waals surface area contributed by atoms with E-state index in [0.29, 0.717) is 6.54 Å². The van der Waals surface area contributed by atoms with Crippen molar-refractivity contribution in [1.82, 2.24) is 5.32 Å². The van der Waals surface area contributed by atoms with Gasteiger partial charge in [0.2, 0.25) is 5.91 Å². The SMILES string of the molecule is CC(CN)C(=O)NC1CCCCC1O. The average Bonchev–Trinajstić information content (AvgIpc) is 2.20. The number of carbonyl (C=O) groups excluding carboxylic acids is 1. The summed E-state index contributed by atoms with van der Waals surface area (Å²) in [6, 6.07) is -0.0646. The van der Waals surface area contributed by atoms with Crippen LogP contribution in [0, 0.1) is 5.92 Å². The number of aliphatic hydroxyl groups excluding tert-OH is 1. The molecule has 0 spiro atoms. The molecule has 1 aliphatic rings. The molecule has 0 bridgehead atoms. The largest absolute Gasteiger partial charge is 0.391 e. The zero-order valence-electron chi connectivity index (χ0n) is 8.70. The summed E-state index contributed by atoms with van der Waals surface area (Å²) in [6.07, 6.45) is 3.43. The molecule has 4 nitrogen and oxygen atoms in total. The summed E-state index contributed by atoms with van der Waals surface area (Å²) < 4.78 is 0. The summed E-state index contributed by atoms with van der Waals surface area (Å²) in [5, 5.41) is 12.5. The third-order valence-electron chi connectivity index (χ3n) is 2.86. The van der Waals surface area contributed by atoms with E-state index in [1.165, 1.54) is 0 Å². The molecule has 0 aromatic carbocycles. The summed E-state index contributed by atoms with van der Waals surface area (Å²) in [6.45, 7) is 2.15. The first kappa shape index (κ1) is 11.5. The molecule has 1 aliphatic carbocycles. The minimum atomic E-state index is -0.377. The molecule has 1 rings (SSSR count). The van der Waals surface area contributed by atoms with Crippen LogP contribution in [0.5, 0.6) is 0 Å². The molecule has 82 valence electrons. The van der Waals surface area contributed by atoms with Crippen molar-refractivity contribution in [2.45, 2.75) is 44.8 Å². The molecule has 0 aliphatic heterocycles. The highest BCUT2D eigenvalue weighted by Gasteiger charge is 2.25. The Morgan fingerprint density at radius 3 is 2.79 bits per heavy atom. The number of hydrogen-bond acceptors (Lipinski definition) is 3. The molecule has 1 amide bonds. The Morgan fingerprint density at radius 1 is 1.57 bits per heavy atom. The molecule has 1 fully saturated rings. The molecule has 4 heteroatoms. The molecule has 0 heterocycles. The van der Waals surface area contributed by atoms with Crippen molar-refractivity contribution in [3.05, 3.63) is 0 Å². The summed E-state index contributed by atoms with van der Waals surface area (Å²) in [5.74, 6) is -0.206. The van der Waals surface area contributed by atoms with E-state index in [9.17, 15) is 9.90 Å². The van der Waals surface area contributed by atoms with E-state index in [4.69, 9.17) is 5.73 Å². The molecule has 0 aromatic heterocycles. The minimum Gasteiger partial charge on any atom is -0.391 e. The molecular weight excluding hydrogens is 180 g/mol. The van der Waals surface area contributed by atoms with Crippen molar-refractivity contribution < 1.29 is 9.90 Å². The van der Waals surface area contributed by atoms with Crippen LogP contribution in [0.15, 0.2) is 0 Å². The number of carbonyl (C=O) groups is 1. The first-order chi connectivity index (χ1) is 6.65. The van der Waals surface area contributed by atoms with Crippen molar-refractivity contribution in [3.8, 4) is 0 Å². The molecule has 3 unspecified atom stereocenters. The zero-order valence-corrected chi connectivity index (χ0v) is 8.70. The molecule has 0 radical (unpaired) electrons. The van der Waals surface area contributed by atoms with E-state index >= 15 is 0 Å². The van der Waals surface area contributed by atoms with Gasteiger partial charge in [0.05, 0.1) is 12.1 Å². The van der Waals surface area contributed by atoms with Crippen molar-refractivity contribution in [2.75, 3.05) is 6.54 Å². The average molecular weight is 200 g/mol. The number of aliphatic hydroxyl groups is 1. The van der Waals surface area contributed by atoms with Gasteiger partial charge in [-0.3, -0.25) is 4.79 Å². The maximum absolute atomic E-state index is 11.5. The molecule has 0 aromatic rings. The Labute approximate surface area is 84.9 Å². The highest BCUT2D eigenvalue weighted by molar-refractivity contribution is 5.78. The van der Waals surface area contributed by atoms with Crippen LogP contribution in [0.25, 0.3) is 0 Å². The zero-order chi connectivity index (χ0) is 10.6. The monoisotopic (exact) mass is 200 g/mol. The molecule has 0 saturated heterocycles. The van der Waals surface area contributed by atoms with Gasteiger partial charge in [-0.2, -0.15) is 0 Å². The van der Waals surface area contributed by atoms with Gasteiger partial charge < -0.3 is 16.2 Å². The summed E-state index contributed by atoms with van der Waals surface area (Å²) >= 11 is 0. The van der Waals surface area contributed by atoms with E-state index in [2.05, 4.69) is 5.32 Å². The van der Waals surface area contributed by atoms with Gasteiger partial charge in [0.25, 0.3) is 0 Å². The standard InChI is InChI=1S/C10H20N2O2/c1-7(6-11)10(14)12-8-4-2-3-5-9(8)13/h7-9,13H,2-6,11H2,1H3,(H,12,14). The van der Waals surface area contributed by atoms with Crippen molar-refractivity contribution in [3.63, 3.8) is 0 Å². The maximum Gasteiger partial charge on any atom is 0.224 e. The first-order valence-electron chi connectivity index (χ1n) is 5.33. The van der Waals surface area contributed by atoms with Crippen LogP contribution in [0.2, 0.25) is 0 Å². The predicted octanol–water partition coefficient (Wildman–Crippen LogP) is 0.000900. The lowest BCUT2D eigenvalue weighted by atomic mass is 9.92. The second-order valence-electron chi connectivity index (χ2n) is 4.10. The van der Waals surface area contributed by atoms with E-state index in [0.717, 1.165) is 25.7 Å². The highest BCUT2D eigenvalue weighted by Crippen LogP contribution is 2.18. The van der Waals surface area contributed by atoms with Crippen LogP contribution in [0.3, 0.4) is 0 Å². The van der Waals surface area contributed by atoms with Gasteiger partial charge in [0.15, 0.2) is 0 Å². The number of amides is 1. The molecule has 4 N–H and O–H groups in total. The number of hydrogen-bond donors (Lipinski definition) is 3. The fraction of sp³-hybridized carbons (Fsp3) is 0.900. The molecule has 14 heavy (non-hydrogen) atoms. The van der Waals surface area contributed by atoms with Gasteiger partial charge in [-0.15, -0.1) is 0 Å². The van der Waals surface area contributed by atoms with Crippen molar-refractivity contribution in [1.29, 1.82) is 0 Å². The smallest absolute Gasteiger partial charge is 0.224 e. The van der Waals surface area contributed by atoms with Crippen LogP contribution < -0.4 is 11.1 Å². The third kappa shape index (κ3) is 2.96. The number of rotatable bonds is 3. The normalized spacial score (nSPS) is 29.6. The van der Waals surface area contributed by atoms with Gasteiger partial charge in [0.1, 0.15) is 0 Å². The van der Waals surface area contributed by atoms with Crippen LogP contribution >= 0.6 is 0 Å². The maximum atomic E-state index is 11.5. The summed E-state index contributed by atoms with van der Waals surface area (Å²) in [5.41, 5.74) is 5.39. The third-order valence-corrected chi connectivity index (χ3v) is 2.86. The van der Waals surface area contributed by atoms with E-state index in [1.807, 2.05) is 0 Å². The van der Waals surface area contributed by atoms with Crippen LogP contribution in [-0.2, 0) is 4.79 Å². The van der Waals surface area contributed by atoms with Crippen molar-refractivity contribution in [2.24, 2.45) is 11.7 Å². The second-order valence-corrected chi connectivity index (χ2v) is 4.10. The Kier molecular flexibility index (Phi) is 4.35. The first-order valence-corrected chi connectivity index (χ1v) is 5.33. The highest BCUT2D eigenvalue weighted by atomic mass is 16.3. The Balaban J connectivity index is 2.38. The predicted molar refractivity (Wildman–Crippen MR) is 54.6 cm³/mol. The molecule has 3 atom stereocenters. The topological polar surface area (TPSA) is 75.4 Å². The van der Waals surface area contributed by atoms with Crippen LogP contribution in [-0.4, -0.2) is 29.7 Å². The van der Waals surface area contributed by atoms with E-state index in [1.54, 1.807) is 6.92 Å². The molecule has 1 saturated carbocycles. The number of nitrogens with one attached hydrogen (secondary N) is 1. The Hall–Kier alpha value is -0.610. The van der Waals surface area contributed by atoms with Crippen LogP contribution in [0.4, 0.5) is 0 Å². The van der Waals surface area contributed by atoms with E-state index in [-0.39, 0.29) is 24.0 Å². The quantitative estimate of drug-likeness (QED) is 0.600. The minimum absolute atomic E-state index is 0.0431. The van der Waals surface area contributed by atoms with Gasteiger partial charge in [-0.05, 0) is 12.8 Å². The fourth-order valence-electron chi connectivity index (χ4n) is 1.71. The van der Waals surface area contributed by atoms with Gasteiger partial charge >= 0.3 is 0 Å². The van der Waals surface area contributed by atoms with Gasteiger partial charge in [-0.1, -0.05) is 19.8 Å². The second kappa shape index (κ2) is 5.32. The van der Waals surface area contributed by atoms with E-state index < -0.39 is 0 Å². The Bertz CT molecular complexity index is 197. The lowest BCUT2D eigenvalue weighted by molar-refractivity contribution is -0.126. The lowest BCUT2D eigenvalue weighted by Crippen LogP contribution is -2.47. The summed E-state index contributed by atoms with van der Waals surface area (Å²) in [4.78, 5) is 11.5.